The van der Waals surface area contributed by atoms with Gasteiger partial charge < -0.3 is 20.4 Å². The van der Waals surface area contributed by atoms with Crippen molar-refractivity contribution in [2.24, 2.45) is 5.73 Å². The van der Waals surface area contributed by atoms with Gasteiger partial charge in [-0.15, -0.1) is 0 Å². The maximum atomic E-state index is 12.8. The van der Waals surface area contributed by atoms with Crippen LogP contribution in [0.2, 0.25) is 0 Å². The molecule has 0 unspecified atom stereocenters. The number of nitrogens with two attached hydrogens (primary N) is 1. The Balaban J connectivity index is 1.38. The number of para-hydroxylation sites is 1. The number of hydrogen-bond acceptors (Lipinski definition) is 7. The lowest BCUT2D eigenvalue weighted by atomic mass is 10.1. The third-order valence-corrected chi connectivity index (χ3v) is 5.22. The summed E-state index contributed by atoms with van der Waals surface area (Å²) in [6.45, 7) is 1.63. The molecular weight excluding hydrogens is 382 g/mol. The minimum atomic E-state index is -0.402. The van der Waals surface area contributed by atoms with Gasteiger partial charge in [0.05, 0.1) is 35.5 Å². The Labute approximate surface area is 172 Å². The molecule has 1 aliphatic rings. The number of pyridine rings is 1. The Morgan fingerprint density at radius 2 is 2.10 bits per heavy atom. The van der Waals surface area contributed by atoms with Crippen molar-refractivity contribution in [3.8, 4) is 6.01 Å². The molecule has 0 radical (unpaired) electrons. The fourth-order valence-electron chi connectivity index (χ4n) is 3.76. The van der Waals surface area contributed by atoms with Gasteiger partial charge in [0.1, 0.15) is 0 Å². The second-order valence-electron chi connectivity index (χ2n) is 7.32. The molecule has 4 aromatic rings. The van der Waals surface area contributed by atoms with E-state index in [1.807, 2.05) is 30.3 Å². The van der Waals surface area contributed by atoms with Crippen LogP contribution in [-0.2, 0) is 0 Å². The van der Waals surface area contributed by atoms with E-state index in [-0.39, 0.29) is 17.8 Å². The highest BCUT2D eigenvalue weighted by Crippen LogP contribution is 2.28. The van der Waals surface area contributed by atoms with Gasteiger partial charge in [-0.05, 0) is 25.0 Å². The van der Waals surface area contributed by atoms with Crippen molar-refractivity contribution in [1.29, 1.82) is 0 Å². The number of anilines is 2. The summed E-state index contributed by atoms with van der Waals surface area (Å²) in [6, 6.07) is 9.95. The highest BCUT2D eigenvalue weighted by atomic mass is 16.4. The molecule has 5 rings (SSSR count). The zero-order chi connectivity index (χ0) is 20.5. The smallest absolute Gasteiger partial charge is 0.324 e. The van der Waals surface area contributed by atoms with Gasteiger partial charge in [0, 0.05) is 30.7 Å². The molecule has 9 heteroatoms. The zero-order valence-corrected chi connectivity index (χ0v) is 16.2. The van der Waals surface area contributed by atoms with Gasteiger partial charge in [0.25, 0.3) is 5.91 Å². The van der Waals surface area contributed by atoms with E-state index in [0.29, 0.717) is 5.69 Å². The minimum Gasteiger partial charge on any atom is -0.417 e. The Morgan fingerprint density at radius 3 is 3.00 bits per heavy atom. The number of carbonyl (C=O) groups is 1. The van der Waals surface area contributed by atoms with Crippen LogP contribution in [0.3, 0.4) is 0 Å². The molecule has 3 aromatic heterocycles. The number of hydrogen-bond donors (Lipinski definition) is 2. The summed E-state index contributed by atoms with van der Waals surface area (Å²) in [7, 11) is 0. The molecule has 9 nitrogen and oxygen atoms in total. The normalized spacial score (nSPS) is 16.7. The van der Waals surface area contributed by atoms with Gasteiger partial charge in [-0.2, -0.15) is 14.8 Å². The van der Waals surface area contributed by atoms with Gasteiger partial charge in [-0.1, -0.05) is 18.2 Å². The third kappa shape index (κ3) is 3.39. The SMILES string of the molecule is N[C@H]1CCCN(c2ccncc2NC(=O)c2cnc(-n3ncc4ccccc43)o2)C1. The molecule has 0 aliphatic carbocycles. The summed E-state index contributed by atoms with van der Waals surface area (Å²) in [5.41, 5.74) is 8.47. The number of aromatic nitrogens is 4. The van der Waals surface area contributed by atoms with Crippen LogP contribution in [0.1, 0.15) is 23.4 Å². The predicted molar refractivity (Wildman–Crippen MR) is 113 cm³/mol. The first-order valence-electron chi connectivity index (χ1n) is 9.84. The van der Waals surface area contributed by atoms with E-state index in [0.717, 1.165) is 42.5 Å². The molecule has 0 spiro atoms. The lowest BCUT2D eigenvalue weighted by Crippen LogP contribution is -2.43. The number of nitrogens with zero attached hydrogens (tertiary/aromatic N) is 5. The molecule has 152 valence electrons. The van der Waals surface area contributed by atoms with Crippen molar-refractivity contribution in [1.82, 2.24) is 19.7 Å². The second-order valence-corrected chi connectivity index (χ2v) is 7.32. The first-order chi connectivity index (χ1) is 14.7. The van der Waals surface area contributed by atoms with Crippen LogP contribution in [0.25, 0.3) is 16.9 Å². The standard InChI is InChI=1S/C21H21N7O2/c22-15-5-3-9-27(13-15)18-7-8-23-11-16(18)26-20(29)19-12-24-21(30-19)28-17-6-2-1-4-14(17)10-25-28/h1-2,4,6-8,10-12,15H,3,5,9,13,22H2,(H,26,29)/t15-/m0/s1. The lowest BCUT2D eigenvalue weighted by Gasteiger charge is -2.33. The lowest BCUT2D eigenvalue weighted by molar-refractivity contribution is 0.0996. The van der Waals surface area contributed by atoms with Crippen LogP contribution in [0.15, 0.2) is 59.5 Å². The number of rotatable bonds is 4. The van der Waals surface area contributed by atoms with Crippen LogP contribution >= 0.6 is 0 Å². The number of benzene rings is 1. The van der Waals surface area contributed by atoms with Crippen molar-refractivity contribution >= 4 is 28.2 Å². The molecule has 3 N–H and O–H groups in total. The molecule has 30 heavy (non-hydrogen) atoms. The molecule has 1 amide bonds. The first-order valence-corrected chi connectivity index (χ1v) is 9.84. The quantitative estimate of drug-likeness (QED) is 0.538. The average Bonchev–Trinajstić information content (AvgIpc) is 3.41. The fraction of sp³-hybridized carbons (Fsp3) is 0.238. The largest absolute Gasteiger partial charge is 0.417 e. The Kier molecular flexibility index (Phi) is 4.64. The number of carbonyl (C=O) groups excluding carboxylic acids is 1. The van der Waals surface area contributed by atoms with E-state index in [9.17, 15) is 4.79 Å². The monoisotopic (exact) mass is 403 g/mol. The molecule has 1 atom stereocenters. The Morgan fingerprint density at radius 1 is 1.20 bits per heavy atom. The highest BCUT2D eigenvalue weighted by molar-refractivity contribution is 6.04. The van der Waals surface area contributed by atoms with Gasteiger partial charge in [-0.3, -0.25) is 9.78 Å². The maximum absolute atomic E-state index is 12.8. The van der Waals surface area contributed by atoms with E-state index >= 15 is 0 Å². The summed E-state index contributed by atoms with van der Waals surface area (Å²) < 4.78 is 7.26. The van der Waals surface area contributed by atoms with Crippen molar-refractivity contribution in [2.75, 3.05) is 23.3 Å². The molecule has 0 bridgehead atoms. The summed E-state index contributed by atoms with van der Waals surface area (Å²) in [6.07, 6.45) is 8.48. The van der Waals surface area contributed by atoms with Crippen molar-refractivity contribution < 1.29 is 9.21 Å². The predicted octanol–water partition coefficient (Wildman–Crippen LogP) is 2.59. The van der Waals surface area contributed by atoms with Crippen LogP contribution < -0.4 is 16.0 Å². The molecule has 0 saturated carbocycles. The summed E-state index contributed by atoms with van der Waals surface area (Å²) in [4.78, 5) is 23.4. The summed E-state index contributed by atoms with van der Waals surface area (Å²) in [5, 5.41) is 8.15. The topological polar surface area (TPSA) is 115 Å². The van der Waals surface area contributed by atoms with Crippen LogP contribution in [0, 0.1) is 0 Å². The van der Waals surface area contributed by atoms with Crippen molar-refractivity contribution in [3.05, 3.63) is 60.9 Å². The minimum absolute atomic E-state index is 0.0923. The fourth-order valence-corrected chi connectivity index (χ4v) is 3.76. The number of amides is 1. The zero-order valence-electron chi connectivity index (χ0n) is 16.2. The van der Waals surface area contributed by atoms with Crippen molar-refractivity contribution in [2.45, 2.75) is 18.9 Å². The summed E-state index contributed by atoms with van der Waals surface area (Å²) >= 11 is 0. The highest BCUT2D eigenvalue weighted by Gasteiger charge is 2.22. The average molecular weight is 403 g/mol. The first kappa shape index (κ1) is 18.3. The maximum Gasteiger partial charge on any atom is 0.324 e. The second kappa shape index (κ2) is 7.60. The molecule has 4 heterocycles. The van der Waals surface area contributed by atoms with Crippen molar-refractivity contribution in [3.63, 3.8) is 0 Å². The number of piperidine rings is 1. The van der Waals surface area contributed by atoms with Gasteiger partial charge in [0.15, 0.2) is 0 Å². The molecular formula is C21H21N7O2. The molecule has 1 aromatic carbocycles. The van der Waals surface area contributed by atoms with E-state index in [1.165, 1.54) is 6.20 Å². The molecule has 1 saturated heterocycles. The number of fused-ring (bicyclic) bond motifs is 1. The Bertz CT molecular complexity index is 1200. The van der Waals surface area contributed by atoms with E-state index in [4.69, 9.17) is 10.2 Å². The molecule has 1 fully saturated rings. The van der Waals surface area contributed by atoms with Gasteiger partial charge in [0.2, 0.25) is 5.76 Å². The van der Waals surface area contributed by atoms with E-state index < -0.39 is 5.91 Å². The summed E-state index contributed by atoms with van der Waals surface area (Å²) in [5.74, 6) is -0.310. The van der Waals surface area contributed by atoms with E-state index in [2.05, 4.69) is 25.3 Å². The third-order valence-electron chi connectivity index (χ3n) is 5.22. The number of oxazole rings is 1. The molecule has 1 aliphatic heterocycles. The van der Waals surface area contributed by atoms with Crippen LogP contribution in [0.4, 0.5) is 11.4 Å². The Hall–Kier alpha value is -3.72. The number of nitrogens with one attached hydrogen (secondary N) is 1. The van der Waals surface area contributed by atoms with Crippen LogP contribution in [-0.4, -0.2) is 44.8 Å². The van der Waals surface area contributed by atoms with Gasteiger partial charge >= 0.3 is 6.01 Å². The van der Waals surface area contributed by atoms with Gasteiger partial charge in [-0.25, -0.2) is 0 Å². The van der Waals surface area contributed by atoms with E-state index in [1.54, 1.807) is 23.3 Å². The van der Waals surface area contributed by atoms with Crippen LogP contribution in [0.5, 0.6) is 0 Å².